The van der Waals surface area contributed by atoms with Gasteiger partial charge < -0.3 is 15.2 Å². The van der Waals surface area contributed by atoms with Gasteiger partial charge in [0, 0.05) is 26.3 Å². The van der Waals surface area contributed by atoms with E-state index in [1.807, 2.05) is 0 Å². The molecule has 2 heterocycles. The second kappa shape index (κ2) is 5.05. The molecule has 18 heavy (non-hydrogen) atoms. The maximum Gasteiger partial charge on any atom is 0.0851 e. The van der Waals surface area contributed by atoms with Crippen LogP contribution in [-0.4, -0.2) is 25.4 Å². The maximum atomic E-state index is 6.15. The zero-order valence-electron chi connectivity index (χ0n) is 9.51. The summed E-state index contributed by atoms with van der Waals surface area (Å²) in [6.07, 6.45) is 2.44. The minimum atomic E-state index is 0.336. The van der Waals surface area contributed by atoms with Crippen LogP contribution in [-0.2, 0) is 22.3 Å². The molecule has 1 aromatic carbocycles. The number of benzene rings is 1. The topological polar surface area (TPSA) is 51.1 Å². The summed E-state index contributed by atoms with van der Waals surface area (Å²) in [6, 6.07) is 0. The van der Waals surface area contributed by atoms with E-state index in [-0.39, 0.29) is 0 Å². The highest BCUT2D eigenvalue weighted by molar-refractivity contribution is 9.11. The SMILES string of the molecule is Nc1c(Br)c(CC2CO2)c(Br)c(CC2CO2)c1Br. The van der Waals surface area contributed by atoms with Gasteiger partial charge in [-0.05, 0) is 43.0 Å². The van der Waals surface area contributed by atoms with E-state index < -0.39 is 0 Å². The molecule has 2 aliphatic heterocycles. The summed E-state index contributed by atoms with van der Waals surface area (Å²) < 4.78 is 13.6. The van der Waals surface area contributed by atoms with Crippen molar-refractivity contribution in [3.05, 3.63) is 24.5 Å². The molecule has 0 spiro atoms. The van der Waals surface area contributed by atoms with Gasteiger partial charge in [-0.2, -0.15) is 0 Å². The normalized spacial score (nSPS) is 25.3. The van der Waals surface area contributed by atoms with Crippen LogP contribution >= 0.6 is 47.8 Å². The molecule has 0 saturated carbocycles. The molecular formula is C12H12Br3NO2. The third-order valence-corrected chi connectivity index (χ3v) is 5.97. The Hall–Kier alpha value is 0.380. The highest BCUT2D eigenvalue weighted by Crippen LogP contribution is 2.43. The molecule has 3 rings (SSSR count). The van der Waals surface area contributed by atoms with Gasteiger partial charge in [0.15, 0.2) is 0 Å². The van der Waals surface area contributed by atoms with Crippen molar-refractivity contribution in [2.75, 3.05) is 18.9 Å². The van der Waals surface area contributed by atoms with Crippen molar-refractivity contribution in [3.63, 3.8) is 0 Å². The smallest absolute Gasteiger partial charge is 0.0851 e. The summed E-state index contributed by atoms with van der Waals surface area (Å²) in [5, 5.41) is 0. The first kappa shape index (κ1) is 13.4. The maximum absolute atomic E-state index is 6.15. The molecule has 3 nitrogen and oxygen atoms in total. The first-order valence-electron chi connectivity index (χ1n) is 5.74. The number of anilines is 1. The van der Waals surface area contributed by atoms with E-state index in [1.54, 1.807) is 0 Å². The van der Waals surface area contributed by atoms with Crippen LogP contribution < -0.4 is 5.73 Å². The van der Waals surface area contributed by atoms with Gasteiger partial charge in [0.05, 0.1) is 31.1 Å². The minimum Gasteiger partial charge on any atom is -0.397 e. The number of nitrogens with two attached hydrogens (primary N) is 1. The number of rotatable bonds is 4. The van der Waals surface area contributed by atoms with Crippen LogP contribution in [0.25, 0.3) is 0 Å². The summed E-state index contributed by atoms with van der Waals surface area (Å²) in [5.74, 6) is 0. The first-order valence-corrected chi connectivity index (χ1v) is 8.12. The van der Waals surface area contributed by atoms with Gasteiger partial charge in [0.1, 0.15) is 0 Å². The standard InChI is InChI=1S/C12H12Br3NO2/c13-9-7(1-5-3-17-5)10(14)12(16)11(15)8(9)2-6-4-18-6/h5-6H,1-4,16H2. The van der Waals surface area contributed by atoms with E-state index >= 15 is 0 Å². The van der Waals surface area contributed by atoms with Gasteiger partial charge in [-0.15, -0.1) is 0 Å². The monoisotopic (exact) mass is 439 g/mol. The highest BCUT2D eigenvalue weighted by atomic mass is 79.9. The summed E-state index contributed by atoms with van der Waals surface area (Å²) >= 11 is 10.9. The largest absolute Gasteiger partial charge is 0.397 e. The van der Waals surface area contributed by atoms with E-state index in [2.05, 4.69) is 47.8 Å². The molecule has 2 aliphatic rings. The van der Waals surface area contributed by atoms with Crippen LogP contribution in [0.15, 0.2) is 13.4 Å². The lowest BCUT2D eigenvalue weighted by molar-refractivity contribution is 0.405. The minimum absolute atomic E-state index is 0.336. The third kappa shape index (κ3) is 2.63. The fraction of sp³-hybridized carbons (Fsp3) is 0.500. The Morgan fingerprint density at radius 1 is 0.889 bits per heavy atom. The van der Waals surface area contributed by atoms with E-state index in [1.165, 1.54) is 11.1 Å². The van der Waals surface area contributed by atoms with E-state index in [4.69, 9.17) is 15.2 Å². The lowest BCUT2D eigenvalue weighted by atomic mass is 10.0. The van der Waals surface area contributed by atoms with Crippen molar-refractivity contribution >= 4 is 53.5 Å². The fourth-order valence-corrected chi connectivity index (χ4v) is 4.62. The number of nitrogen functional groups attached to an aromatic ring is 1. The lowest BCUT2D eigenvalue weighted by Gasteiger charge is -2.16. The molecular weight excluding hydrogens is 430 g/mol. The predicted octanol–water partition coefficient (Wildman–Crippen LogP) is 3.44. The van der Waals surface area contributed by atoms with Gasteiger partial charge in [0.25, 0.3) is 0 Å². The summed E-state index contributed by atoms with van der Waals surface area (Å²) in [6.45, 7) is 1.69. The van der Waals surface area contributed by atoms with Crippen molar-refractivity contribution in [3.8, 4) is 0 Å². The summed E-state index contributed by atoms with van der Waals surface area (Å²) in [7, 11) is 0. The zero-order valence-corrected chi connectivity index (χ0v) is 14.3. The van der Waals surface area contributed by atoms with Crippen LogP contribution in [0.2, 0.25) is 0 Å². The second-order valence-electron chi connectivity index (χ2n) is 4.63. The second-order valence-corrected chi connectivity index (χ2v) is 7.01. The van der Waals surface area contributed by atoms with Crippen LogP contribution in [0.1, 0.15) is 11.1 Å². The first-order chi connectivity index (χ1) is 8.58. The molecule has 2 saturated heterocycles. The molecule has 0 aromatic heterocycles. The van der Waals surface area contributed by atoms with Crippen LogP contribution in [0.3, 0.4) is 0 Å². The van der Waals surface area contributed by atoms with E-state index in [9.17, 15) is 0 Å². The molecule has 2 fully saturated rings. The quantitative estimate of drug-likeness (QED) is 0.575. The zero-order chi connectivity index (χ0) is 12.9. The van der Waals surface area contributed by atoms with Crippen molar-refractivity contribution in [2.24, 2.45) is 0 Å². The van der Waals surface area contributed by atoms with Crippen LogP contribution in [0, 0.1) is 0 Å². The van der Waals surface area contributed by atoms with Crippen molar-refractivity contribution in [2.45, 2.75) is 25.0 Å². The average Bonchev–Trinajstić information content (AvgIpc) is 3.22. The number of hydrogen-bond donors (Lipinski definition) is 1. The number of ether oxygens (including phenoxy) is 2. The lowest BCUT2D eigenvalue weighted by Crippen LogP contribution is -2.06. The molecule has 6 heteroatoms. The highest BCUT2D eigenvalue weighted by Gasteiger charge is 2.30. The Morgan fingerprint density at radius 2 is 1.28 bits per heavy atom. The Labute approximate surface area is 131 Å². The predicted molar refractivity (Wildman–Crippen MR) is 80.8 cm³/mol. The molecule has 98 valence electrons. The van der Waals surface area contributed by atoms with Gasteiger partial charge in [-0.3, -0.25) is 0 Å². The van der Waals surface area contributed by atoms with Crippen molar-refractivity contribution < 1.29 is 9.47 Å². The number of halogens is 3. The molecule has 0 amide bonds. The van der Waals surface area contributed by atoms with Gasteiger partial charge in [-0.1, -0.05) is 15.9 Å². The van der Waals surface area contributed by atoms with E-state index in [0.717, 1.165) is 45.2 Å². The van der Waals surface area contributed by atoms with Crippen LogP contribution in [0.5, 0.6) is 0 Å². The summed E-state index contributed by atoms with van der Waals surface area (Å²) in [5.41, 5.74) is 9.28. The number of epoxide rings is 2. The molecule has 2 unspecified atom stereocenters. The van der Waals surface area contributed by atoms with Crippen molar-refractivity contribution in [1.29, 1.82) is 0 Å². The summed E-state index contributed by atoms with van der Waals surface area (Å²) in [4.78, 5) is 0. The van der Waals surface area contributed by atoms with Crippen LogP contribution in [0.4, 0.5) is 5.69 Å². The Bertz CT molecular complexity index is 458. The molecule has 0 aliphatic carbocycles. The third-order valence-electron chi connectivity index (χ3n) is 3.20. The molecule has 2 atom stereocenters. The average molecular weight is 442 g/mol. The molecule has 1 aromatic rings. The molecule has 0 radical (unpaired) electrons. The van der Waals surface area contributed by atoms with Gasteiger partial charge in [-0.25, -0.2) is 0 Å². The molecule has 2 N–H and O–H groups in total. The Morgan fingerprint density at radius 3 is 1.61 bits per heavy atom. The molecule has 0 bridgehead atoms. The van der Waals surface area contributed by atoms with Gasteiger partial charge in [0.2, 0.25) is 0 Å². The Balaban J connectivity index is 2.02. The fourth-order valence-electron chi connectivity index (χ4n) is 1.98. The van der Waals surface area contributed by atoms with E-state index in [0.29, 0.717) is 12.2 Å². The Kier molecular flexibility index (Phi) is 3.75. The van der Waals surface area contributed by atoms with Crippen molar-refractivity contribution in [1.82, 2.24) is 0 Å². The van der Waals surface area contributed by atoms with Gasteiger partial charge >= 0.3 is 0 Å². The number of hydrogen-bond acceptors (Lipinski definition) is 3.